The zero-order chi connectivity index (χ0) is 13.8. The molecule has 0 saturated heterocycles. The predicted octanol–water partition coefficient (Wildman–Crippen LogP) is 4.46. The van der Waals surface area contributed by atoms with Crippen molar-refractivity contribution >= 4 is 37.5 Å². The summed E-state index contributed by atoms with van der Waals surface area (Å²) in [6.07, 6.45) is 0. The number of nitrogens with one attached hydrogen (secondary N) is 1. The fraction of sp³-hybridized carbons (Fsp3) is 0.143. The van der Waals surface area contributed by atoms with Gasteiger partial charge in [0.05, 0.1) is 11.7 Å². The van der Waals surface area contributed by atoms with Crippen LogP contribution in [0.5, 0.6) is 0 Å². The Hall–Kier alpha value is -0.910. The highest BCUT2D eigenvalue weighted by atomic mass is 79.9. The van der Waals surface area contributed by atoms with E-state index in [0.717, 1.165) is 14.5 Å². The van der Waals surface area contributed by atoms with Crippen LogP contribution in [0.2, 0.25) is 0 Å². The zero-order valence-electron chi connectivity index (χ0n) is 10.0. The fourth-order valence-electron chi connectivity index (χ4n) is 1.77. The molecule has 0 bridgehead atoms. The van der Waals surface area contributed by atoms with Gasteiger partial charge in [0.15, 0.2) is 0 Å². The second kappa shape index (κ2) is 6.50. The van der Waals surface area contributed by atoms with E-state index in [9.17, 15) is 4.39 Å². The van der Waals surface area contributed by atoms with Crippen molar-refractivity contribution in [1.82, 2.24) is 0 Å². The summed E-state index contributed by atoms with van der Waals surface area (Å²) in [5.74, 6) is -0.280. The van der Waals surface area contributed by atoms with Gasteiger partial charge in [-0.2, -0.15) is 0 Å². The largest absolute Gasteiger partial charge is 0.375 e. The summed E-state index contributed by atoms with van der Waals surface area (Å²) in [6.45, 7) is 0.377. The molecular formula is C14H13Br2FN2. The second-order valence-corrected chi connectivity index (χ2v) is 5.79. The van der Waals surface area contributed by atoms with Crippen LogP contribution in [0.25, 0.3) is 0 Å². The monoisotopic (exact) mass is 386 g/mol. The average molecular weight is 388 g/mol. The number of para-hydroxylation sites is 1. The molecule has 2 aromatic rings. The van der Waals surface area contributed by atoms with Gasteiger partial charge < -0.3 is 11.1 Å². The molecule has 100 valence electrons. The van der Waals surface area contributed by atoms with Crippen molar-refractivity contribution in [3.05, 3.63) is 62.8 Å². The van der Waals surface area contributed by atoms with Crippen molar-refractivity contribution in [1.29, 1.82) is 0 Å². The van der Waals surface area contributed by atoms with Gasteiger partial charge in [0.1, 0.15) is 5.82 Å². The van der Waals surface area contributed by atoms with Crippen LogP contribution >= 0.6 is 31.9 Å². The van der Waals surface area contributed by atoms with E-state index in [1.54, 1.807) is 18.2 Å². The molecule has 5 heteroatoms. The van der Waals surface area contributed by atoms with Crippen LogP contribution in [-0.2, 0) is 0 Å². The summed E-state index contributed by atoms with van der Waals surface area (Å²) >= 11 is 6.87. The summed E-state index contributed by atoms with van der Waals surface area (Å²) in [5.41, 5.74) is 7.24. The maximum atomic E-state index is 13.6. The molecule has 2 rings (SSSR count). The Labute approximate surface area is 128 Å². The molecule has 0 aliphatic carbocycles. The van der Waals surface area contributed by atoms with Gasteiger partial charge in [-0.05, 0) is 61.7 Å². The third-order valence-corrected chi connectivity index (χ3v) is 4.66. The number of nitrogens with two attached hydrogens (primary N) is 1. The lowest BCUT2D eigenvalue weighted by molar-refractivity contribution is 0.626. The molecule has 0 amide bonds. The second-order valence-electron chi connectivity index (χ2n) is 4.09. The van der Waals surface area contributed by atoms with Crippen molar-refractivity contribution in [3.8, 4) is 0 Å². The minimum Gasteiger partial charge on any atom is -0.375 e. The number of hydrogen-bond acceptors (Lipinski definition) is 2. The maximum Gasteiger partial charge on any atom is 0.146 e. The molecule has 0 aliphatic heterocycles. The van der Waals surface area contributed by atoms with E-state index in [1.165, 1.54) is 6.07 Å². The van der Waals surface area contributed by atoms with Crippen LogP contribution in [0.3, 0.4) is 0 Å². The van der Waals surface area contributed by atoms with Gasteiger partial charge in [0, 0.05) is 15.5 Å². The van der Waals surface area contributed by atoms with E-state index < -0.39 is 0 Å². The maximum absolute atomic E-state index is 13.6. The Kier molecular flexibility index (Phi) is 4.96. The summed E-state index contributed by atoms with van der Waals surface area (Å²) in [5, 5.41) is 3.12. The van der Waals surface area contributed by atoms with Crippen LogP contribution < -0.4 is 11.1 Å². The molecule has 2 aromatic carbocycles. The fourth-order valence-corrected chi connectivity index (χ4v) is 2.42. The van der Waals surface area contributed by atoms with E-state index in [2.05, 4.69) is 37.2 Å². The van der Waals surface area contributed by atoms with Crippen molar-refractivity contribution in [2.24, 2.45) is 5.73 Å². The Balaban J connectivity index is 2.25. The van der Waals surface area contributed by atoms with Crippen LogP contribution in [0.15, 0.2) is 51.4 Å². The first kappa shape index (κ1) is 14.5. The minimum absolute atomic E-state index is 0.138. The van der Waals surface area contributed by atoms with Crippen molar-refractivity contribution in [2.75, 3.05) is 11.9 Å². The average Bonchev–Trinajstić information content (AvgIpc) is 2.41. The number of hydrogen-bond donors (Lipinski definition) is 2. The molecule has 0 fully saturated rings. The number of rotatable bonds is 4. The first-order chi connectivity index (χ1) is 9.11. The van der Waals surface area contributed by atoms with E-state index in [1.807, 2.05) is 18.2 Å². The summed E-state index contributed by atoms with van der Waals surface area (Å²) in [7, 11) is 0. The Bertz CT molecular complexity index is 575. The molecule has 1 atom stereocenters. The minimum atomic E-state index is -0.280. The quantitative estimate of drug-likeness (QED) is 0.812. The van der Waals surface area contributed by atoms with Crippen molar-refractivity contribution in [2.45, 2.75) is 6.04 Å². The molecule has 19 heavy (non-hydrogen) atoms. The molecule has 1 unspecified atom stereocenters. The molecule has 0 aromatic heterocycles. The van der Waals surface area contributed by atoms with E-state index >= 15 is 0 Å². The summed E-state index contributed by atoms with van der Waals surface area (Å²) in [4.78, 5) is 0. The van der Waals surface area contributed by atoms with E-state index in [4.69, 9.17) is 5.73 Å². The van der Waals surface area contributed by atoms with Crippen molar-refractivity contribution < 1.29 is 4.39 Å². The van der Waals surface area contributed by atoms with Gasteiger partial charge in [-0.1, -0.05) is 18.2 Å². The molecule has 0 saturated carbocycles. The number of halogens is 3. The Morgan fingerprint density at radius 1 is 1.11 bits per heavy atom. The van der Waals surface area contributed by atoms with Crippen LogP contribution in [0.1, 0.15) is 11.6 Å². The molecular weight excluding hydrogens is 375 g/mol. The Morgan fingerprint density at radius 2 is 1.84 bits per heavy atom. The highest BCUT2D eigenvalue weighted by Crippen LogP contribution is 2.28. The van der Waals surface area contributed by atoms with E-state index in [-0.39, 0.29) is 11.9 Å². The predicted molar refractivity (Wildman–Crippen MR) is 83.7 cm³/mol. The lowest BCUT2D eigenvalue weighted by Crippen LogP contribution is -2.21. The molecule has 2 nitrogen and oxygen atoms in total. The molecule has 0 aliphatic rings. The third-order valence-electron chi connectivity index (χ3n) is 2.79. The standard InChI is InChI=1S/C14H13Br2FN2/c15-10-6-5-9(7-11(10)16)14(8-18)19-13-4-2-1-3-12(13)17/h1-7,14,19H,8,18H2. The highest BCUT2D eigenvalue weighted by molar-refractivity contribution is 9.13. The van der Waals surface area contributed by atoms with Gasteiger partial charge in [-0.25, -0.2) is 4.39 Å². The van der Waals surface area contributed by atoms with Crippen LogP contribution in [0.4, 0.5) is 10.1 Å². The zero-order valence-corrected chi connectivity index (χ0v) is 13.2. The summed E-state index contributed by atoms with van der Waals surface area (Å²) < 4.78 is 15.5. The topological polar surface area (TPSA) is 38.0 Å². The lowest BCUT2D eigenvalue weighted by Gasteiger charge is -2.19. The smallest absolute Gasteiger partial charge is 0.146 e. The van der Waals surface area contributed by atoms with Gasteiger partial charge >= 0.3 is 0 Å². The van der Waals surface area contributed by atoms with Gasteiger partial charge in [-0.3, -0.25) is 0 Å². The first-order valence-corrected chi connectivity index (χ1v) is 7.36. The van der Waals surface area contributed by atoms with Crippen LogP contribution in [-0.4, -0.2) is 6.54 Å². The normalized spacial score (nSPS) is 12.2. The van der Waals surface area contributed by atoms with Gasteiger partial charge in [-0.15, -0.1) is 0 Å². The third kappa shape index (κ3) is 3.55. The lowest BCUT2D eigenvalue weighted by atomic mass is 10.1. The number of anilines is 1. The molecule has 3 N–H and O–H groups in total. The molecule has 0 spiro atoms. The molecule has 0 heterocycles. The first-order valence-electron chi connectivity index (χ1n) is 5.78. The number of benzene rings is 2. The molecule has 0 radical (unpaired) electrons. The van der Waals surface area contributed by atoms with Crippen LogP contribution in [0, 0.1) is 5.82 Å². The van der Waals surface area contributed by atoms with Gasteiger partial charge in [0.2, 0.25) is 0 Å². The highest BCUT2D eigenvalue weighted by Gasteiger charge is 2.12. The Morgan fingerprint density at radius 3 is 2.47 bits per heavy atom. The van der Waals surface area contributed by atoms with Gasteiger partial charge in [0.25, 0.3) is 0 Å². The van der Waals surface area contributed by atoms with E-state index in [0.29, 0.717) is 12.2 Å². The SMILES string of the molecule is NCC(Nc1ccccc1F)c1ccc(Br)c(Br)c1. The summed E-state index contributed by atoms with van der Waals surface area (Å²) in [6, 6.07) is 12.3. The van der Waals surface area contributed by atoms with Crippen molar-refractivity contribution in [3.63, 3.8) is 0 Å².